The Hall–Kier alpha value is -3.63. The number of aliphatic hydroxyl groups excluding tert-OH is 1. The standard InChI is InChI=1S/C27H30F3N3O4/c1-4-22(31-26(35)19-6-5-7-21(14-19)27(28,29)30)17-23(18(2)3)20-15-24(33-8-11-36-12-9-33)32-25(16-20)37-13-10-34/h4-7,14-17,34H,2,8-13H2,1,3H3,(H,31,35). The van der Waals surface area contributed by atoms with Crippen LogP contribution in [0.3, 0.4) is 0 Å². The summed E-state index contributed by atoms with van der Waals surface area (Å²) in [4.78, 5) is 19.4. The molecule has 37 heavy (non-hydrogen) atoms. The highest BCUT2D eigenvalue weighted by Crippen LogP contribution is 2.31. The summed E-state index contributed by atoms with van der Waals surface area (Å²) in [6.07, 6.45) is -1.22. The minimum Gasteiger partial charge on any atom is -0.475 e. The SMILES string of the molecule is C=C(C)C(=CC(=CC)NC(=O)c1cccc(C(F)(F)F)c1)c1cc(OCCO)nc(N2CCOCC2)c1. The van der Waals surface area contributed by atoms with Gasteiger partial charge in [-0.3, -0.25) is 4.79 Å². The largest absolute Gasteiger partial charge is 0.475 e. The van der Waals surface area contributed by atoms with Crippen LogP contribution in [0.25, 0.3) is 5.57 Å². The minimum absolute atomic E-state index is 0.0677. The van der Waals surface area contributed by atoms with Gasteiger partial charge >= 0.3 is 6.18 Å². The quantitative estimate of drug-likeness (QED) is 0.473. The van der Waals surface area contributed by atoms with Gasteiger partial charge in [-0.15, -0.1) is 0 Å². The Morgan fingerprint density at radius 3 is 2.59 bits per heavy atom. The number of aromatic nitrogens is 1. The average Bonchev–Trinajstić information content (AvgIpc) is 2.89. The molecule has 10 heteroatoms. The van der Waals surface area contributed by atoms with E-state index >= 15 is 0 Å². The zero-order valence-corrected chi connectivity index (χ0v) is 20.8. The maximum Gasteiger partial charge on any atom is 0.416 e. The first kappa shape index (κ1) is 27.9. The van der Waals surface area contributed by atoms with Crippen LogP contribution in [0.15, 0.2) is 66.4 Å². The monoisotopic (exact) mass is 517 g/mol. The van der Waals surface area contributed by atoms with Crippen LogP contribution in [-0.4, -0.2) is 55.5 Å². The van der Waals surface area contributed by atoms with Crippen molar-refractivity contribution in [3.05, 3.63) is 83.1 Å². The number of allylic oxidation sites excluding steroid dienone is 4. The number of amides is 1. The molecule has 1 aliphatic rings. The molecule has 0 saturated carbocycles. The highest BCUT2D eigenvalue weighted by Gasteiger charge is 2.31. The first-order chi connectivity index (χ1) is 17.6. The fraction of sp³-hybridized carbons (Fsp3) is 0.333. The number of hydrogen-bond acceptors (Lipinski definition) is 6. The molecule has 1 amide bonds. The number of ether oxygens (including phenoxy) is 2. The van der Waals surface area contributed by atoms with E-state index in [1.165, 1.54) is 12.1 Å². The molecule has 0 aliphatic carbocycles. The third-order valence-corrected chi connectivity index (χ3v) is 5.56. The van der Waals surface area contributed by atoms with Crippen molar-refractivity contribution in [2.24, 2.45) is 0 Å². The lowest BCUT2D eigenvalue weighted by molar-refractivity contribution is -0.137. The van der Waals surface area contributed by atoms with Crippen LogP contribution in [0.2, 0.25) is 0 Å². The first-order valence-corrected chi connectivity index (χ1v) is 11.7. The van der Waals surface area contributed by atoms with E-state index in [9.17, 15) is 23.1 Å². The second kappa shape index (κ2) is 12.6. The van der Waals surface area contributed by atoms with E-state index in [2.05, 4.69) is 21.8 Å². The predicted molar refractivity (Wildman–Crippen MR) is 135 cm³/mol. The van der Waals surface area contributed by atoms with Gasteiger partial charge in [0.2, 0.25) is 5.88 Å². The maximum atomic E-state index is 13.1. The number of hydrogen-bond donors (Lipinski definition) is 2. The Morgan fingerprint density at radius 1 is 1.24 bits per heavy atom. The van der Waals surface area contributed by atoms with Crippen LogP contribution in [0, 0.1) is 0 Å². The lowest BCUT2D eigenvalue weighted by Gasteiger charge is -2.28. The molecule has 0 spiro atoms. The summed E-state index contributed by atoms with van der Waals surface area (Å²) < 4.78 is 50.3. The summed E-state index contributed by atoms with van der Waals surface area (Å²) >= 11 is 0. The van der Waals surface area contributed by atoms with E-state index in [0.717, 1.165) is 12.1 Å². The smallest absolute Gasteiger partial charge is 0.416 e. The van der Waals surface area contributed by atoms with Gasteiger partial charge in [0.15, 0.2) is 0 Å². The van der Waals surface area contributed by atoms with Gasteiger partial charge in [-0.25, -0.2) is 0 Å². The molecule has 3 rings (SSSR count). The van der Waals surface area contributed by atoms with Gasteiger partial charge in [0.25, 0.3) is 5.91 Å². The van der Waals surface area contributed by atoms with Crippen LogP contribution < -0.4 is 15.0 Å². The van der Waals surface area contributed by atoms with Crippen molar-refractivity contribution in [2.45, 2.75) is 20.0 Å². The van der Waals surface area contributed by atoms with Crippen molar-refractivity contribution in [3.8, 4) is 5.88 Å². The van der Waals surface area contributed by atoms with Gasteiger partial charge in [0.1, 0.15) is 12.4 Å². The summed E-state index contributed by atoms with van der Waals surface area (Å²) in [6.45, 7) is 9.88. The second-order valence-corrected chi connectivity index (χ2v) is 8.34. The van der Waals surface area contributed by atoms with Crippen LogP contribution in [0.4, 0.5) is 19.0 Å². The summed E-state index contributed by atoms with van der Waals surface area (Å²) in [7, 11) is 0. The summed E-state index contributed by atoms with van der Waals surface area (Å²) in [5.41, 5.74) is 1.43. The van der Waals surface area contributed by atoms with Crippen LogP contribution in [0.1, 0.15) is 35.3 Å². The Kier molecular flexibility index (Phi) is 9.48. The molecule has 1 fully saturated rings. The summed E-state index contributed by atoms with van der Waals surface area (Å²) in [5, 5.41) is 11.9. The number of halogens is 3. The number of carbonyl (C=O) groups excluding carboxylic acids is 1. The van der Waals surface area contributed by atoms with Gasteiger partial charge < -0.3 is 24.8 Å². The number of alkyl halides is 3. The lowest BCUT2D eigenvalue weighted by Crippen LogP contribution is -2.36. The topological polar surface area (TPSA) is 83.9 Å². The molecule has 2 aromatic rings. The van der Waals surface area contributed by atoms with Gasteiger partial charge in [-0.05, 0) is 55.3 Å². The first-order valence-electron chi connectivity index (χ1n) is 11.7. The van der Waals surface area contributed by atoms with E-state index in [4.69, 9.17) is 9.47 Å². The molecule has 2 heterocycles. The van der Waals surface area contributed by atoms with Crippen LogP contribution in [-0.2, 0) is 10.9 Å². The summed E-state index contributed by atoms with van der Waals surface area (Å²) in [6, 6.07) is 7.83. The van der Waals surface area contributed by atoms with Crippen molar-refractivity contribution in [2.75, 3.05) is 44.4 Å². The number of morpholine rings is 1. The van der Waals surface area contributed by atoms with Crippen LogP contribution >= 0.6 is 0 Å². The number of rotatable bonds is 9. The molecule has 1 aliphatic heterocycles. The van der Waals surface area contributed by atoms with Crippen molar-refractivity contribution >= 4 is 17.3 Å². The number of aliphatic hydroxyl groups is 1. The molecule has 1 aromatic heterocycles. The third-order valence-electron chi connectivity index (χ3n) is 5.56. The highest BCUT2D eigenvalue weighted by molar-refractivity contribution is 5.96. The number of anilines is 1. The number of carbonyl (C=O) groups is 1. The fourth-order valence-electron chi connectivity index (χ4n) is 3.67. The fourth-order valence-corrected chi connectivity index (χ4v) is 3.67. The van der Waals surface area contributed by atoms with Crippen molar-refractivity contribution in [1.29, 1.82) is 0 Å². The Morgan fingerprint density at radius 2 is 1.97 bits per heavy atom. The molecule has 1 saturated heterocycles. The van der Waals surface area contributed by atoms with Gasteiger partial charge in [0, 0.05) is 30.4 Å². The molecule has 0 radical (unpaired) electrons. The lowest BCUT2D eigenvalue weighted by atomic mass is 9.99. The number of nitrogens with one attached hydrogen (secondary N) is 1. The van der Waals surface area contributed by atoms with Gasteiger partial charge in [-0.1, -0.05) is 24.3 Å². The van der Waals surface area contributed by atoms with E-state index in [-0.39, 0.29) is 18.8 Å². The molecule has 0 bridgehead atoms. The van der Waals surface area contributed by atoms with Crippen molar-refractivity contribution in [1.82, 2.24) is 10.3 Å². The van der Waals surface area contributed by atoms with Gasteiger partial charge in [-0.2, -0.15) is 18.2 Å². The maximum absolute atomic E-state index is 13.1. The zero-order valence-electron chi connectivity index (χ0n) is 20.8. The van der Waals surface area contributed by atoms with E-state index < -0.39 is 17.6 Å². The molecule has 2 N–H and O–H groups in total. The minimum atomic E-state index is -4.55. The highest BCUT2D eigenvalue weighted by atomic mass is 19.4. The second-order valence-electron chi connectivity index (χ2n) is 8.34. The van der Waals surface area contributed by atoms with E-state index in [1.54, 1.807) is 32.1 Å². The molecule has 0 unspecified atom stereocenters. The van der Waals surface area contributed by atoms with E-state index in [1.807, 2.05) is 6.07 Å². The summed E-state index contributed by atoms with van der Waals surface area (Å²) in [5.74, 6) is 0.304. The molecule has 7 nitrogen and oxygen atoms in total. The third kappa shape index (κ3) is 7.68. The predicted octanol–water partition coefficient (Wildman–Crippen LogP) is 4.60. The zero-order chi connectivity index (χ0) is 27.0. The normalized spacial score (nSPS) is 14.9. The molecular formula is C27H30F3N3O4. The van der Waals surface area contributed by atoms with Crippen molar-refractivity contribution in [3.63, 3.8) is 0 Å². The Bertz CT molecular complexity index is 1190. The van der Waals surface area contributed by atoms with Crippen molar-refractivity contribution < 1.29 is 32.5 Å². The molecule has 1 aromatic carbocycles. The van der Waals surface area contributed by atoms with Gasteiger partial charge in [0.05, 0.1) is 25.4 Å². The molecule has 0 atom stereocenters. The number of benzene rings is 1. The Balaban J connectivity index is 1.94. The average molecular weight is 518 g/mol. The molecule has 198 valence electrons. The number of pyridine rings is 1. The number of nitrogens with zero attached hydrogens (tertiary/aromatic N) is 2. The molecular weight excluding hydrogens is 487 g/mol. The van der Waals surface area contributed by atoms with Crippen LogP contribution in [0.5, 0.6) is 5.88 Å². The Labute approximate surface area is 213 Å². The van der Waals surface area contributed by atoms with E-state index in [0.29, 0.717) is 60.4 Å².